The van der Waals surface area contributed by atoms with Gasteiger partial charge in [0.1, 0.15) is 0 Å². The number of hydrogen-bond acceptors (Lipinski definition) is 2. The summed E-state index contributed by atoms with van der Waals surface area (Å²) in [6.07, 6.45) is 5.52. The molecule has 2 heteroatoms. The lowest BCUT2D eigenvalue weighted by Crippen LogP contribution is -2.38. The number of nitrogens with one attached hydrogen (secondary N) is 1. The summed E-state index contributed by atoms with van der Waals surface area (Å²) in [6, 6.07) is 0.440. The Labute approximate surface area is 62.2 Å². The number of nitrogens with two attached hydrogens (primary N) is 1. The molecular weight excluding hydrogens is 124 g/mol. The van der Waals surface area contributed by atoms with Gasteiger partial charge in [0.05, 0.1) is 0 Å². The Morgan fingerprint density at radius 3 is 2.50 bits per heavy atom. The molecule has 1 aliphatic heterocycles. The molecule has 2 fully saturated rings. The zero-order valence-corrected chi connectivity index (χ0v) is 6.40. The lowest BCUT2D eigenvalue weighted by molar-refractivity contribution is 0.296. The van der Waals surface area contributed by atoms with Crippen molar-refractivity contribution in [1.82, 2.24) is 5.32 Å². The molecule has 2 aliphatic rings. The zero-order valence-electron chi connectivity index (χ0n) is 6.40. The predicted octanol–water partition coefficient (Wildman–Crippen LogP) is 0.477. The van der Waals surface area contributed by atoms with E-state index in [1.807, 2.05) is 0 Å². The van der Waals surface area contributed by atoms with Crippen molar-refractivity contribution in [2.45, 2.75) is 31.7 Å². The fraction of sp³-hybridized carbons (Fsp3) is 1.00. The second kappa shape index (κ2) is 2.21. The number of rotatable bonds is 0. The first-order valence-electron chi connectivity index (χ1n) is 4.30. The van der Waals surface area contributed by atoms with Gasteiger partial charge in [-0.1, -0.05) is 12.8 Å². The van der Waals surface area contributed by atoms with E-state index in [4.69, 9.17) is 5.73 Å². The van der Waals surface area contributed by atoms with Crippen LogP contribution in [-0.2, 0) is 0 Å². The van der Waals surface area contributed by atoms with Crippen LogP contribution in [0.3, 0.4) is 0 Å². The van der Waals surface area contributed by atoms with Crippen molar-refractivity contribution in [1.29, 1.82) is 0 Å². The molecule has 0 unspecified atom stereocenters. The smallest absolute Gasteiger partial charge is 0.0234 e. The van der Waals surface area contributed by atoms with E-state index < -0.39 is 0 Å². The first kappa shape index (κ1) is 6.62. The van der Waals surface area contributed by atoms with Crippen LogP contribution in [0.5, 0.6) is 0 Å². The Kier molecular flexibility index (Phi) is 1.46. The third-order valence-corrected chi connectivity index (χ3v) is 3.23. The maximum atomic E-state index is 6.01. The minimum Gasteiger partial charge on any atom is -0.326 e. The minimum atomic E-state index is 0.440. The molecule has 3 N–H and O–H groups in total. The molecule has 2 rings (SSSR count). The first-order valence-corrected chi connectivity index (χ1v) is 4.30. The molecule has 0 radical (unpaired) electrons. The summed E-state index contributed by atoms with van der Waals surface area (Å²) >= 11 is 0. The monoisotopic (exact) mass is 140 g/mol. The zero-order chi connectivity index (χ0) is 7.03. The highest BCUT2D eigenvalue weighted by atomic mass is 15.0. The van der Waals surface area contributed by atoms with Crippen LogP contribution < -0.4 is 11.1 Å². The van der Waals surface area contributed by atoms with Crippen LogP contribution in [0.15, 0.2) is 0 Å². The van der Waals surface area contributed by atoms with Gasteiger partial charge in [0.25, 0.3) is 0 Å². The molecule has 1 spiro atoms. The molecule has 0 amide bonds. The van der Waals surface area contributed by atoms with Crippen LogP contribution in [0.4, 0.5) is 0 Å². The number of hydrogen-bond donors (Lipinski definition) is 2. The molecule has 1 saturated heterocycles. The Morgan fingerprint density at radius 1 is 1.30 bits per heavy atom. The molecule has 1 saturated carbocycles. The molecule has 10 heavy (non-hydrogen) atoms. The van der Waals surface area contributed by atoms with E-state index in [1.165, 1.54) is 32.2 Å². The third kappa shape index (κ3) is 0.789. The largest absolute Gasteiger partial charge is 0.326 e. The standard InChI is InChI=1S/C8H16N2/c9-7-5-10-6-8(7)3-1-2-4-8/h7,10H,1-6,9H2/t7-/m0/s1. The van der Waals surface area contributed by atoms with Gasteiger partial charge >= 0.3 is 0 Å². The van der Waals surface area contributed by atoms with Gasteiger partial charge in [0, 0.05) is 19.1 Å². The van der Waals surface area contributed by atoms with E-state index >= 15 is 0 Å². The van der Waals surface area contributed by atoms with Gasteiger partial charge in [0.2, 0.25) is 0 Å². The van der Waals surface area contributed by atoms with Crippen LogP contribution in [0, 0.1) is 5.41 Å². The molecule has 0 aromatic rings. The molecule has 1 aliphatic carbocycles. The molecule has 58 valence electrons. The van der Waals surface area contributed by atoms with Crippen LogP contribution in [0.2, 0.25) is 0 Å². The minimum absolute atomic E-state index is 0.440. The van der Waals surface area contributed by atoms with E-state index in [9.17, 15) is 0 Å². The second-order valence-electron chi connectivity index (χ2n) is 3.81. The summed E-state index contributed by atoms with van der Waals surface area (Å²) in [4.78, 5) is 0. The van der Waals surface area contributed by atoms with Gasteiger partial charge in [-0.2, -0.15) is 0 Å². The molecular formula is C8H16N2. The van der Waals surface area contributed by atoms with Gasteiger partial charge in [-0.25, -0.2) is 0 Å². The first-order chi connectivity index (χ1) is 4.83. The quantitative estimate of drug-likeness (QED) is 0.513. The Hall–Kier alpha value is -0.0800. The molecule has 0 bridgehead atoms. The van der Waals surface area contributed by atoms with Crippen molar-refractivity contribution in [2.75, 3.05) is 13.1 Å². The Balaban J connectivity index is 2.11. The molecule has 1 atom stereocenters. The van der Waals surface area contributed by atoms with Crippen molar-refractivity contribution in [3.8, 4) is 0 Å². The summed E-state index contributed by atoms with van der Waals surface area (Å²) < 4.78 is 0. The summed E-state index contributed by atoms with van der Waals surface area (Å²) in [5.41, 5.74) is 6.53. The van der Waals surface area contributed by atoms with Gasteiger partial charge in [-0.15, -0.1) is 0 Å². The van der Waals surface area contributed by atoms with E-state index in [1.54, 1.807) is 0 Å². The maximum absolute atomic E-state index is 6.01. The highest BCUT2D eigenvalue weighted by Gasteiger charge is 2.42. The average molecular weight is 140 g/mol. The Morgan fingerprint density at radius 2 is 2.00 bits per heavy atom. The van der Waals surface area contributed by atoms with Crippen LogP contribution in [-0.4, -0.2) is 19.1 Å². The van der Waals surface area contributed by atoms with Crippen molar-refractivity contribution in [3.05, 3.63) is 0 Å². The fourth-order valence-electron chi connectivity index (χ4n) is 2.45. The van der Waals surface area contributed by atoms with Crippen molar-refractivity contribution in [2.24, 2.45) is 11.1 Å². The summed E-state index contributed by atoms with van der Waals surface area (Å²) in [7, 11) is 0. The third-order valence-electron chi connectivity index (χ3n) is 3.23. The van der Waals surface area contributed by atoms with Gasteiger partial charge in [-0.3, -0.25) is 0 Å². The van der Waals surface area contributed by atoms with Crippen LogP contribution in [0.25, 0.3) is 0 Å². The average Bonchev–Trinajstić information content (AvgIpc) is 2.48. The Bertz CT molecular complexity index is 122. The van der Waals surface area contributed by atoms with Crippen LogP contribution in [0.1, 0.15) is 25.7 Å². The highest BCUT2D eigenvalue weighted by molar-refractivity contribution is 5.00. The van der Waals surface area contributed by atoms with Crippen molar-refractivity contribution < 1.29 is 0 Å². The van der Waals surface area contributed by atoms with Crippen molar-refractivity contribution in [3.63, 3.8) is 0 Å². The summed E-state index contributed by atoms with van der Waals surface area (Å²) in [5.74, 6) is 0. The predicted molar refractivity (Wildman–Crippen MR) is 41.7 cm³/mol. The molecule has 0 aromatic heterocycles. The van der Waals surface area contributed by atoms with E-state index in [0.717, 1.165) is 6.54 Å². The van der Waals surface area contributed by atoms with E-state index in [2.05, 4.69) is 5.32 Å². The SMILES string of the molecule is N[C@H]1CNCC12CCCC2. The van der Waals surface area contributed by atoms with Gasteiger partial charge in [-0.05, 0) is 18.3 Å². The van der Waals surface area contributed by atoms with Gasteiger partial charge in [0.15, 0.2) is 0 Å². The highest BCUT2D eigenvalue weighted by Crippen LogP contribution is 2.41. The lowest BCUT2D eigenvalue weighted by atomic mass is 9.82. The molecule has 1 heterocycles. The van der Waals surface area contributed by atoms with Crippen molar-refractivity contribution >= 4 is 0 Å². The van der Waals surface area contributed by atoms with Crippen LogP contribution >= 0.6 is 0 Å². The second-order valence-corrected chi connectivity index (χ2v) is 3.81. The fourth-order valence-corrected chi connectivity index (χ4v) is 2.45. The van der Waals surface area contributed by atoms with Gasteiger partial charge < -0.3 is 11.1 Å². The van der Waals surface area contributed by atoms with E-state index in [0.29, 0.717) is 11.5 Å². The maximum Gasteiger partial charge on any atom is 0.0234 e. The lowest BCUT2D eigenvalue weighted by Gasteiger charge is -2.26. The topological polar surface area (TPSA) is 38.0 Å². The normalized spacial score (nSPS) is 37.5. The summed E-state index contributed by atoms with van der Waals surface area (Å²) in [6.45, 7) is 2.22. The molecule has 2 nitrogen and oxygen atoms in total. The summed E-state index contributed by atoms with van der Waals surface area (Å²) in [5, 5.41) is 3.38. The molecule has 0 aromatic carbocycles. The van der Waals surface area contributed by atoms with E-state index in [-0.39, 0.29) is 0 Å².